The third-order valence-corrected chi connectivity index (χ3v) is 5.41. The van der Waals surface area contributed by atoms with Gasteiger partial charge in [-0.2, -0.15) is 0 Å². The lowest BCUT2D eigenvalue weighted by atomic mass is 9.80. The molecule has 2 aromatic rings. The number of amides is 2. The van der Waals surface area contributed by atoms with Crippen LogP contribution < -0.4 is 5.32 Å². The van der Waals surface area contributed by atoms with Crippen LogP contribution in [0, 0.1) is 12.3 Å². The molecule has 1 aliphatic rings. The minimum atomic E-state index is -0.586. The third-order valence-electron chi connectivity index (χ3n) is 5.18. The summed E-state index contributed by atoms with van der Waals surface area (Å²) in [5.74, 6) is -0.0820. The molecule has 1 heterocycles. The lowest BCUT2D eigenvalue weighted by molar-refractivity contribution is -0.132. The molecule has 1 atom stereocenters. The van der Waals surface area contributed by atoms with Crippen molar-refractivity contribution in [2.45, 2.75) is 33.2 Å². The van der Waals surface area contributed by atoms with Gasteiger partial charge < -0.3 is 10.2 Å². The fourth-order valence-electron chi connectivity index (χ4n) is 3.50. The maximum atomic E-state index is 12.8. The first-order valence-corrected chi connectivity index (χ1v) is 9.64. The summed E-state index contributed by atoms with van der Waals surface area (Å²) in [4.78, 5) is 27.4. The predicted octanol–water partition coefficient (Wildman–Crippen LogP) is 4.21. The van der Waals surface area contributed by atoms with Crippen molar-refractivity contribution in [1.29, 1.82) is 0 Å². The molecule has 0 radical (unpaired) electrons. The molecule has 0 aliphatic carbocycles. The van der Waals surface area contributed by atoms with Crippen molar-refractivity contribution in [3.8, 4) is 0 Å². The van der Waals surface area contributed by atoms with Crippen LogP contribution in [0.1, 0.15) is 41.3 Å². The molecule has 0 unspecified atom stereocenters. The summed E-state index contributed by atoms with van der Waals surface area (Å²) < 4.78 is 0. The Morgan fingerprint density at radius 3 is 2.63 bits per heavy atom. The molecule has 4 nitrogen and oxygen atoms in total. The molecule has 0 spiro atoms. The van der Waals surface area contributed by atoms with Crippen LogP contribution in [0.4, 0.5) is 0 Å². The number of likely N-dealkylation sites (tertiary alicyclic amines) is 1. The van der Waals surface area contributed by atoms with Crippen LogP contribution in [0.3, 0.4) is 0 Å². The number of carbonyl (C=O) groups is 2. The highest BCUT2D eigenvalue weighted by atomic mass is 35.5. The van der Waals surface area contributed by atoms with Crippen molar-refractivity contribution in [3.63, 3.8) is 0 Å². The highest BCUT2D eigenvalue weighted by molar-refractivity contribution is 6.30. The van der Waals surface area contributed by atoms with E-state index in [1.807, 2.05) is 38.1 Å². The van der Waals surface area contributed by atoms with Crippen molar-refractivity contribution in [2.75, 3.05) is 13.1 Å². The van der Waals surface area contributed by atoms with E-state index in [1.165, 1.54) is 5.56 Å². The summed E-state index contributed by atoms with van der Waals surface area (Å²) in [6.07, 6.45) is 1.58. The van der Waals surface area contributed by atoms with Gasteiger partial charge in [-0.1, -0.05) is 47.5 Å². The monoisotopic (exact) mass is 384 g/mol. The van der Waals surface area contributed by atoms with Crippen molar-refractivity contribution in [2.24, 2.45) is 5.41 Å². The lowest BCUT2D eigenvalue weighted by Crippen LogP contribution is -2.51. The molecule has 5 heteroatoms. The van der Waals surface area contributed by atoms with Crippen molar-refractivity contribution < 1.29 is 9.59 Å². The van der Waals surface area contributed by atoms with Crippen LogP contribution in [0.5, 0.6) is 0 Å². The first-order chi connectivity index (χ1) is 12.9. The van der Waals surface area contributed by atoms with Gasteiger partial charge >= 0.3 is 0 Å². The largest absolute Gasteiger partial charge is 0.351 e. The quantitative estimate of drug-likeness (QED) is 0.858. The highest BCUT2D eigenvalue weighted by Crippen LogP contribution is 2.31. The Balaban J connectivity index is 1.65. The Morgan fingerprint density at radius 2 is 1.93 bits per heavy atom. The number of halogens is 1. The standard InChI is InChI=1S/C22H25ClN2O2/c1-16-7-9-17(10-8-16)14-24-21(27)22(2)11-4-12-25(15-22)20(26)18-5-3-6-19(23)13-18/h3,5-10,13H,4,11-12,14-15H2,1-2H3,(H,24,27)/t22-/m1/s1. The van der Waals surface area contributed by atoms with Gasteiger partial charge in [0.05, 0.1) is 5.41 Å². The fraction of sp³-hybridized carbons (Fsp3) is 0.364. The molecule has 3 rings (SSSR count). The Hall–Kier alpha value is -2.33. The average Bonchev–Trinajstić information content (AvgIpc) is 2.66. The van der Waals surface area contributed by atoms with Crippen LogP contribution in [0.25, 0.3) is 0 Å². The minimum Gasteiger partial charge on any atom is -0.351 e. The number of benzene rings is 2. The Kier molecular flexibility index (Phi) is 5.85. The van der Waals surface area contributed by atoms with E-state index >= 15 is 0 Å². The van der Waals surface area contributed by atoms with Gasteiger partial charge in [0.15, 0.2) is 0 Å². The van der Waals surface area contributed by atoms with Crippen LogP contribution >= 0.6 is 11.6 Å². The summed E-state index contributed by atoms with van der Waals surface area (Å²) in [6.45, 7) is 5.55. The zero-order valence-corrected chi connectivity index (χ0v) is 16.6. The van der Waals surface area contributed by atoms with E-state index in [0.29, 0.717) is 30.2 Å². The average molecular weight is 385 g/mol. The number of nitrogens with zero attached hydrogens (tertiary/aromatic N) is 1. The zero-order chi connectivity index (χ0) is 19.4. The fourth-order valence-corrected chi connectivity index (χ4v) is 3.69. The van der Waals surface area contributed by atoms with Gasteiger partial charge in [-0.25, -0.2) is 0 Å². The SMILES string of the molecule is Cc1ccc(CNC(=O)[C@]2(C)CCCN(C(=O)c3cccc(Cl)c3)C2)cc1. The second-order valence-corrected chi connectivity index (χ2v) is 8.01. The maximum absolute atomic E-state index is 12.8. The van der Waals surface area contributed by atoms with E-state index in [9.17, 15) is 9.59 Å². The molecule has 1 N–H and O–H groups in total. The number of nitrogens with one attached hydrogen (secondary N) is 1. The van der Waals surface area contributed by atoms with Gasteiger partial charge in [0.1, 0.15) is 0 Å². The van der Waals surface area contributed by atoms with Gasteiger partial charge in [-0.3, -0.25) is 9.59 Å². The molecule has 0 bridgehead atoms. The van der Waals surface area contributed by atoms with E-state index < -0.39 is 5.41 Å². The van der Waals surface area contributed by atoms with Crippen LogP contribution in [-0.4, -0.2) is 29.8 Å². The summed E-state index contributed by atoms with van der Waals surface area (Å²) in [5, 5.41) is 3.58. The second-order valence-electron chi connectivity index (χ2n) is 7.57. The molecular weight excluding hydrogens is 360 g/mol. The molecule has 142 valence electrons. The first-order valence-electron chi connectivity index (χ1n) is 9.26. The van der Waals surface area contributed by atoms with Crippen LogP contribution in [0.15, 0.2) is 48.5 Å². The van der Waals surface area contributed by atoms with E-state index in [-0.39, 0.29) is 11.8 Å². The number of hydrogen-bond acceptors (Lipinski definition) is 2. The Bertz CT molecular complexity index is 834. The smallest absolute Gasteiger partial charge is 0.253 e. The number of hydrogen-bond donors (Lipinski definition) is 1. The molecule has 1 fully saturated rings. The molecule has 2 aromatic carbocycles. The van der Waals surface area contributed by atoms with Crippen LogP contribution in [0.2, 0.25) is 5.02 Å². The van der Waals surface area contributed by atoms with E-state index in [1.54, 1.807) is 29.2 Å². The summed E-state index contributed by atoms with van der Waals surface area (Å²) >= 11 is 6.01. The minimum absolute atomic E-state index is 0.00771. The normalized spacial score (nSPS) is 19.6. The molecule has 1 aliphatic heterocycles. The molecule has 27 heavy (non-hydrogen) atoms. The second kappa shape index (κ2) is 8.13. The van der Waals surface area contributed by atoms with Crippen molar-refractivity contribution >= 4 is 23.4 Å². The molecule has 2 amide bonds. The summed E-state index contributed by atoms with van der Waals surface area (Å²) in [7, 11) is 0. The lowest BCUT2D eigenvalue weighted by Gasteiger charge is -2.39. The van der Waals surface area contributed by atoms with Gasteiger partial charge in [0, 0.05) is 30.2 Å². The summed E-state index contributed by atoms with van der Waals surface area (Å²) in [6, 6.07) is 15.1. The van der Waals surface area contributed by atoms with Crippen molar-refractivity contribution in [1.82, 2.24) is 10.2 Å². The van der Waals surface area contributed by atoms with Gasteiger partial charge in [0.25, 0.3) is 5.91 Å². The Labute approximate surface area is 165 Å². The van der Waals surface area contributed by atoms with Crippen LogP contribution in [-0.2, 0) is 11.3 Å². The molecule has 0 aromatic heterocycles. The number of piperidine rings is 1. The maximum Gasteiger partial charge on any atom is 0.253 e. The molecule has 1 saturated heterocycles. The van der Waals surface area contributed by atoms with E-state index in [0.717, 1.165) is 18.4 Å². The molecular formula is C22H25ClN2O2. The topological polar surface area (TPSA) is 49.4 Å². The molecule has 0 saturated carbocycles. The third kappa shape index (κ3) is 4.69. The first kappa shape index (κ1) is 19.4. The number of rotatable bonds is 4. The predicted molar refractivity (Wildman–Crippen MR) is 108 cm³/mol. The number of aryl methyl sites for hydroxylation is 1. The van der Waals surface area contributed by atoms with E-state index in [2.05, 4.69) is 5.32 Å². The van der Waals surface area contributed by atoms with E-state index in [4.69, 9.17) is 11.6 Å². The van der Waals surface area contributed by atoms with Gasteiger partial charge in [0.2, 0.25) is 5.91 Å². The van der Waals surface area contributed by atoms with Crippen molar-refractivity contribution in [3.05, 3.63) is 70.2 Å². The number of carbonyl (C=O) groups excluding carboxylic acids is 2. The Morgan fingerprint density at radius 1 is 1.19 bits per heavy atom. The van der Waals surface area contributed by atoms with Gasteiger partial charge in [-0.05, 0) is 50.5 Å². The highest BCUT2D eigenvalue weighted by Gasteiger charge is 2.39. The van der Waals surface area contributed by atoms with Gasteiger partial charge in [-0.15, -0.1) is 0 Å². The summed E-state index contributed by atoms with van der Waals surface area (Å²) in [5.41, 5.74) is 2.24. The zero-order valence-electron chi connectivity index (χ0n) is 15.8.